The number of fused-ring (bicyclic) bond motifs is 1. The number of hydrogen-bond acceptors (Lipinski definition) is 3. The van der Waals surface area contributed by atoms with Crippen molar-refractivity contribution in [1.29, 1.82) is 0 Å². The van der Waals surface area contributed by atoms with Crippen molar-refractivity contribution in [2.24, 2.45) is 0 Å². The van der Waals surface area contributed by atoms with Gasteiger partial charge in [-0.25, -0.2) is 4.39 Å². The molecule has 0 unspecified atom stereocenters. The Morgan fingerprint density at radius 1 is 1.29 bits per heavy atom. The normalized spacial score (nSPS) is 13.7. The molecule has 3 rings (SSSR count). The van der Waals surface area contributed by atoms with E-state index in [0.29, 0.717) is 30.8 Å². The molecule has 0 aliphatic carbocycles. The lowest BCUT2D eigenvalue weighted by Crippen LogP contribution is -2.19. The van der Waals surface area contributed by atoms with Gasteiger partial charge in [0, 0.05) is 18.5 Å². The lowest BCUT2D eigenvalue weighted by molar-refractivity contribution is -0.116. The molecular weight excluding hydrogens is 271 g/mol. The second kappa shape index (κ2) is 5.60. The molecule has 0 bridgehead atoms. The topological polar surface area (TPSA) is 54.3 Å². The van der Waals surface area contributed by atoms with Crippen LogP contribution in [0.1, 0.15) is 30.4 Å². The predicted molar refractivity (Wildman–Crippen MR) is 78.8 cm³/mol. The van der Waals surface area contributed by atoms with Crippen LogP contribution in [0.15, 0.2) is 28.7 Å². The van der Waals surface area contributed by atoms with E-state index in [1.807, 2.05) is 19.1 Å². The standard InChI is InChI=1S/C16H17FN2O2/c1-2-11-4-5-12(21-11)9-18-15-8-14-10(7-13(15)17)3-6-16(20)19-14/h4-5,7-8,18H,2-3,6,9H2,1H3,(H,19,20). The van der Waals surface area contributed by atoms with Crippen LogP contribution in [0, 0.1) is 5.82 Å². The molecular formula is C16H17FN2O2. The average molecular weight is 288 g/mol. The zero-order chi connectivity index (χ0) is 14.8. The average Bonchev–Trinajstić information content (AvgIpc) is 2.93. The summed E-state index contributed by atoms with van der Waals surface area (Å²) >= 11 is 0. The van der Waals surface area contributed by atoms with E-state index in [1.54, 1.807) is 6.07 Å². The van der Waals surface area contributed by atoms with Gasteiger partial charge in [-0.1, -0.05) is 6.92 Å². The van der Waals surface area contributed by atoms with Gasteiger partial charge in [0.1, 0.15) is 17.3 Å². The molecule has 2 N–H and O–H groups in total. The fraction of sp³-hybridized carbons (Fsp3) is 0.312. The number of amides is 1. The van der Waals surface area contributed by atoms with E-state index < -0.39 is 0 Å². The van der Waals surface area contributed by atoms with Crippen LogP contribution in [0.25, 0.3) is 0 Å². The van der Waals surface area contributed by atoms with Gasteiger partial charge < -0.3 is 15.1 Å². The Bertz CT molecular complexity index is 679. The number of carbonyl (C=O) groups excluding carboxylic acids is 1. The third kappa shape index (κ3) is 2.91. The summed E-state index contributed by atoms with van der Waals surface area (Å²) in [4.78, 5) is 11.4. The summed E-state index contributed by atoms with van der Waals surface area (Å²) in [6.45, 7) is 2.42. The van der Waals surface area contributed by atoms with Crippen LogP contribution in [0.4, 0.5) is 15.8 Å². The summed E-state index contributed by atoms with van der Waals surface area (Å²) < 4.78 is 19.6. The number of halogens is 1. The summed E-state index contributed by atoms with van der Waals surface area (Å²) in [5.74, 6) is 1.32. The number of hydrogen-bond donors (Lipinski definition) is 2. The Kier molecular flexibility index (Phi) is 3.64. The highest BCUT2D eigenvalue weighted by Gasteiger charge is 2.17. The minimum atomic E-state index is -0.313. The monoisotopic (exact) mass is 288 g/mol. The first-order valence-electron chi connectivity index (χ1n) is 7.09. The van der Waals surface area contributed by atoms with Crippen molar-refractivity contribution in [3.05, 3.63) is 47.2 Å². The van der Waals surface area contributed by atoms with E-state index in [2.05, 4.69) is 10.6 Å². The van der Waals surface area contributed by atoms with Crippen LogP contribution in [0.3, 0.4) is 0 Å². The van der Waals surface area contributed by atoms with E-state index in [9.17, 15) is 9.18 Å². The van der Waals surface area contributed by atoms with Gasteiger partial charge in [-0.15, -0.1) is 0 Å². The molecule has 2 aromatic rings. The summed E-state index contributed by atoms with van der Waals surface area (Å²) in [6.07, 6.45) is 1.82. The lowest BCUT2D eigenvalue weighted by atomic mass is 10.0. The molecule has 1 aliphatic heterocycles. The molecule has 21 heavy (non-hydrogen) atoms. The van der Waals surface area contributed by atoms with Gasteiger partial charge in [-0.05, 0) is 36.2 Å². The third-order valence-electron chi connectivity index (χ3n) is 3.61. The van der Waals surface area contributed by atoms with Gasteiger partial charge in [0.25, 0.3) is 0 Å². The summed E-state index contributed by atoms with van der Waals surface area (Å²) in [5, 5.41) is 5.78. The number of carbonyl (C=O) groups is 1. The molecule has 1 aliphatic rings. The fourth-order valence-electron chi connectivity index (χ4n) is 2.42. The molecule has 0 saturated heterocycles. The number of rotatable bonds is 4. The van der Waals surface area contributed by atoms with Crippen LogP contribution in [-0.2, 0) is 24.2 Å². The minimum Gasteiger partial charge on any atom is -0.464 e. The first-order valence-corrected chi connectivity index (χ1v) is 7.09. The number of furan rings is 1. The van der Waals surface area contributed by atoms with Crippen molar-refractivity contribution in [2.75, 3.05) is 10.6 Å². The second-order valence-electron chi connectivity index (χ2n) is 5.11. The van der Waals surface area contributed by atoms with Crippen LogP contribution >= 0.6 is 0 Å². The molecule has 1 amide bonds. The summed E-state index contributed by atoms with van der Waals surface area (Å²) in [7, 11) is 0. The van der Waals surface area contributed by atoms with Crippen molar-refractivity contribution < 1.29 is 13.6 Å². The van der Waals surface area contributed by atoms with Crippen molar-refractivity contribution >= 4 is 17.3 Å². The highest BCUT2D eigenvalue weighted by molar-refractivity contribution is 5.94. The molecule has 1 aromatic heterocycles. The number of benzene rings is 1. The molecule has 1 aromatic carbocycles. The van der Waals surface area contributed by atoms with Gasteiger partial charge >= 0.3 is 0 Å². The molecule has 0 radical (unpaired) electrons. The molecule has 0 saturated carbocycles. The van der Waals surface area contributed by atoms with Crippen molar-refractivity contribution in [2.45, 2.75) is 32.7 Å². The predicted octanol–water partition coefficient (Wildman–Crippen LogP) is 3.48. The van der Waals surface area contributed by atoms with Crippen molar-refractivity contribution in [1.82, 2.24) is 0 Å². The lowest BCUT2D eigenvalue weighted by Gasteiger charge is -2.18. The molecule has 4 nitrogen and oxygen atoms in total. The van der Waals surface area contributed by atoms with Crippen molar-refractivity contribution in [3.8, 4) is 0 Å². The number of nitrogens with one attached hydrogen (secondary N) is 2. The minimum absolute atomic E-state index is 0.0290. The molecule has 0 atom stereocenters. The van der Waals surface area contributed by atoms with Gasteiger partial charge in [-0.2, -0.15) is 0 Å². The molecule has 0 spiro atoms. The van der Waals surface area contributed by atoms with Crippen LogP contribution < -0.4 is 10.6 Å². The van der Waals surface area contributed by atoms with Gasteiger partial charge in [0.05, 0.1) is 12.2 Å². The SMILES string of the molecule is CCc1ccc(CNc2cc3c(cc2F)CCC(=O)N3)o1. The number of anilines is 2. The zero-order valence-electron chi connectivity index (χ0n) is 11.8. The van der Waals surface area contributed by atoms with E-state index in [-0.39, 0.29) is 11.7 Å². The summed E-state index contributed by atoms with van der Waals surface area (Å²) in [5.41, 5.74) is 1.89. The Labute approximate surface area is 122 Å². The first kappa shape index (κ1) is 13.7. The Hall–Kier alpha value is -2.30. The summed E-state index contributed by atoms with van der Waals surface area (Å²) in [6, 6.07) is 6.92. The van der Waals surface area contributed by atoms with Crippen LogP contribution in [0.5, 0.6) is 0 Å². The molecule has 110 valence electrons. The Morgan fingerprint density at radius 2 is 2.10 bits per heavy atom. The quantitative estimate of drug-likeness (QED) is 0.905. The maximum absolute atomic E-state index is 14.0. The second-order valence-corrected chi connectivity index (χ2v) is 5.11. The van der Waals surface area contributed by atoms with E-state index in [0.717, 1.165) is 23.5 Å². The molecule has 0 fully saturated rings. The Morgan fingerprint density at radius 3 is 2.86 bits per heavy atom. The van der Waals surface area contributed by atoms with E-state index in [4.69, 9.17) is 4.42 Å². The maximum Gasteiger partial charge on any atom is 0.224 e. The van der Waals surface area contributed by atoms with Gasteiger partial charge in [0.15, 0.2) is 0 Å². The van der Waals surface area contributed by atoms with Crippen LogP contribution in [0.2, 0.25) is 0 Å². The molecule has 5 heteroatoms. The zero-order valence-corrected chi connectivity index (χ0v) is 11.8. The number of aryl methyl sites for hydroxylation is 2. The highest BCUT2D eigenvalue weighted by Crippen LogP contribution is 2.29. The smallest absolute Gasteiger partial charge is 0.224 e. The van der Waals surface area contributed by atoms with E-state index in [1.165, 1.54) is 6.07 Å². The van der Waals surface area contributed by atoms with Gasteiger partial charge in [0.2, 0.25) is 5.91 Å². The maximum atomic E-state index is 14.0. The molecule has 2 heterocycles. The largest absolute Gasteiger partial charge is 0.464 e. The Balaban J connectivity index is 1.76. The third-order valence-corrected chi connectivity index (χ3v) is 3.61. The van der Waals surface area contributed by atoms with Gasteiger partial charge in [-0.3, -0.25) is 4.79 Å². The van der Waals surface area contributed by atoms with Crippen LogP contribution in [-0.4, -0.2) is 5.91 Å². The van der Waals surface area contributed by atoms with E-state index >= 15 is 0 Å². The highest BCUT2D eigenvalue weighted by atomic mass is 19.1. The van der Waals surface area contributed by atoms with Crippen molar-refractivity contribution in [3.63, 3.8) is 0 Å². The fourth-order valence-corrected chi connectivity index (χ4v) is 2.42. The first-order chi connectivity index (χ1) is 10.2.